The minimum atomic E-state index is -0.707. The van der Waals surface area contributed by atoms with Crippen LogP contribution in [0.25, 0.3) is 0 Å². The largest absolute Gasteiger partial charge is 0.467 e. The van der Waals surface area contributed by atoms with Crippen LogP contribution in [-0.4, -0.2) is 35.4 Å². The zero-order chi connectivity index (χ0) is 14.8. The van der Waals surface area contributed by atoms with Gasteiger partial charge in [-0.1, -0.05) is 0 Å². The molecule has 0 aromatic carbocycles. The number of amides is 2. The molecule has 2 amide bonds. The average molecular weight is 294 g/mol. The third-order valence-electron chi connectivity index (χ3n) is 4.25. The molecule has 0 saturated carbocycles. The van der Waals surface area contributed by atoms with E-state index in [0.29, 0.717) is 18.3 Å². The predicted molar refractivity (Wildman–Crippen MR) is 75.7 cm³/mol. The number of aliphatic hydroxyl groups excluding tert-OH is 1. The van der Waals surface area contributed by atoms with Gasteiger partial charge in [-0.2, -0.15) is 0 Å². The fourth-order valence-corrected chi connectivity index (χ4v) is 3.21. The Balaban J connectivity index is 1.42. The van der Waals surface area contributed by atoms with Gasteiger partial charge in [0.05, 0.1) is 24.5 Å². The van der Waals surface area contributed by atoms with Crippen LogP contribution in [-0.2, 0) is 4.74 Å². The molecule has 1 aromatic heterocycles. The molecular formula is C15H22N2O4. The lowest BCUT2D eigenvalue weighted by molar-refractivity contribution is 0.0978. The summed E-state index contributed by atoms with van der Waals surface area (Å²) in [7, 11) is 0. The van der Waals surface area contributed by atoms with E-state index in [1.807, 2.05) is 6.92 Å². The van der Waals surface area contributed by atoms with Crippen molar-refractivity contribution in [2.24, 2.45) is 0 Å². The Morgan fingerprint density at radius 2 is 2.38 bits per heavy atom. The summed E-state index contributed by atoms with van der Waals surface area (Å²) in [4.78, 5) is 12.0. The van der Waals surface area contributed by atoms with Crippen molar-refractivity contribution in [3.05, 3.63) is 24.2 Å². The molecular weight excluding hydrogens is 272 g/mol. The molecule has 2 aliphatic rings. The normalized spacial score (nSPS) is 30.1. The Labute approximate surface area is 123 Å². The highest BCUT2D eigenvalue weighted by molar-refractivity contribution is 5.74. The highest BCUT2D eigenvalue weighted by atomic mass is 16.5. The van der Waals surface area contributed by atoms with Gasteiger partial charge in [-0.25, -0.2) is 4.79 Å². The Bertz CT molecular complexity index is 476. The van der Waals surface area contributed by atoms with Crippen molar-refractivity contribution < 1.29 is 19.1 Å². The predicted octanol–water partition coefficient (Wildman–Crippen LogP) is 1.71. The van der Waals surface area contributed by atoms with Gasteiger partial charge in [0.2, 0.25) is 0 Å². The number of hydrogen-bond donors (Lipinski definition) is 3. The maximum absolute atomic E-state index is 12.0. The minimum absolute atomic E-state index is 0.117. The smallest absolute Gasteiger partial charge is 0.315 e. The van der Waals surface area contributed by atoms with Crippen molar-refractivity contribution in [3.8, 4) is 0 Å². The molecule has 2 fully saturated rings. The van der Waals surface area contributed by atoms with Gasteiger partial charge in [0.25, 0.3) is 0 Å². The number of furan rings is 1. The molecule has 5 atom stereocenters. The Morgan fingerprint density at radius 3 is 3.00 bits per heavy atom. The van der Waals surface area contributed by atoms with Gasteiger partial charge >= 0.3 is 6.03 Å². The fourth-order valence-electron chi connectivity index (χ4n) is 3.21. The molecule has 3 N–H and O–H groups in total. The van der Waals surface area contributed by atoms with Crippen LogP contribution in [0.3, 0.4) is 0 Å². The van der Waals surface area contributed by atoms with Crippen molar-refractivity contribution in [2.75, 3.05) is 0 Å². The van der Waals surface area contributed by atoms with E-state index in [9.17, 15) is 9.90 Å². The molecule has 3 heterocycles. The second-order valence-electron chi connectivity index (χ2n) is 6.00. The zero-order valence-corrected chi connectivity index (χ0v) is 12.1. The van der Waals surface area contributed by atoms with Crippen molar-refractivity contribution in [3.63, 3.8) is 0 Å². The van der Waals surface area contributed by atoms with Crippen molar-refractivity contribution in [1.82, 2.24) is 10.6 Å². The summed E-state index contributed by atoms with van der Waals surface area (Å²) < 4.78 is 10.9. The van der Waals surface area contributed by atoms with Crippen molar-refractivity contribution in [2.45, 2.75) is 63.0 Å². The lowest BCUT2D eigenvalue weighted by atomic mass is 9.96. The van der Waals surface area contributed by atoms with Crippen molar-refractivity contribution in [1.29, 1.82) is 0 Å². The van der Waals surface area contributed by atoms with E-state index < -0.39 is 6.10 Å². The molecule has 0 radical (unpaired) electrons. The van der Waals surface area contributed by atoms with Crippen LogP contribution in [0.15, 0.2) is 22.8 Å². The maximum atomic E-state index is 12.0. The molecule has 2 aliphatic heterocycles. The van der Waals surface area contributed by atoms with E-state index in [0.717, 1.165) is 19.3 Å². The van der Waals surface area contributed by atoms with Gasteiger partial charge in [0.1, 0.15) is 11.9 Å². The van der Waals surface area contributed by atoms with Crippen LogP contribution in [0.4, 0.5) is 4.79 Å². The highest BCUT2D eigenvalue weighted by Gasteiger charge is 2.41. The van der Waals surface area contributed by atoms with Crippen molar-refractivity contribution >= 4 is 6.03 Å². The first kappa shape index (κ1) is 14.4. The van der Waals surface area contributed by atoms with Gasteiger partial charge in [-0.3, -0.25) is 0 Å². The van der Waals surface area contributed by atoms with E-state index in [4.69, 9.17) is 9.15 Å². The second-order valence-corrected chi connectivity index (χ2v) is 6.00. The Morgan fingerprint density at radius 1 is 1.52 bits per heavy atom. The summed E-state index contributed by atoms with van der Waals surface area (Å²) in [5.41, 5.74) is 0. The van der Waals surface area contributed by atoms with Gasteiger partial charge < -0.3 is 24.9 Å². The van der Waals surface area contributed by atoms with Crippen LogP contribution >= 0.6 is 0 Å². The van der Waals surface area contributed by atoms with E-state index in [1.165, 1.54) is 6.26 Å². The third kappa shape index (κ3) is 3.39. The summed E-state index contributed by atoms with van der Waals surface area (Å²) in [6.07, 6.45) is 4.76. The van der Waals surface area contributed by atoms with E-state index in [1.54, 1.807) is 12.1 Å². The molecule has 21 heavy (non-hydrogen) atoms. The molecule has 6 nitrogen and oxygen atoms in total. The van der Waals surface area contributed by atoms with Gasteiger partial charge in [0.15, 0.2) is 0 Å². The standard InChI is InChI=1S/C15H22N2O4/c1-9(7-12(18)14-3-2-6-20-14)16-15(19)17-11-8-10-4-5-13(11)21-10/h2-3,6,9-13,18H,4-5,7-8H2,1H3,(H2,16,17,19). The quantitative estimate of drug-likeness (QED) is 0.772. The van der Waals surface area contributed by atoms with Gasteiger partial charge in [-0.15, -0.1) is 0 Å². The lowest BCUT2D eigenvalue weighted by Crippen LogP contribution is -2.48. The maximum Gasteiger partial charge on any atom is 0.315 e. The fraction of sp³-hybridized carbons (Fsp3) is 0.667. The first-order valence-corrected chi connectivity index (χ1v) is 7.56. The summed E-state index contributed by atoms with van der Waals surface area (Å²) >= 11 is 0. The number of aliphatic hydroxyl groups is 1. The summed E-state index contributed by atoms with van der Waals surface area (Å²) in [5.74, 6) is 0.519. The Kier molecular flexibility index (Phi) is 4.17. The number of hydrogen-bond acceptors (Lipinski definition) is 4. The number of ether oxygens (including phenoxy) is 1. The van der Waals surface area contributed by atoms with Gasteiger partial charge in [-0.05, 0) is 38.3 Å². The number of urea groups is 1. The number of nitrogens with one attached hydrogen (secondary N) is 2. The third-order valence-corrected chi connectivity index (χ3v) is 4.25. The summed E-state index contributed by atoms with van der Waals surface area (Å²) in [6.45, 7) is 1.86. The molecule has 6 heteroatoms. The highest BCUT2D eigenvalue weighted by Crippen LogP contribution is 2.34. The number of rotatable bonds is 5. The lowest BCUT2D eigenvalue weighted by Gasteiger charge is -2.22. The van der Waals surface area contributed by atoms with E-state index in [2.05, 4.69) is 10.6 Å². The minimum Gasteiger partial charge on any atom is -0.467 e. The topological polar surface area (TPSA) is 83.7 Å². The first-order valence-electron chi connectivity index (χ1n) is 7.56. The van der Waals surface area contributed by atoms with E-state index >= 15 is 0 Å². The molecule has 0 spiro atoms. The zero-order valence-electron chi connectivity index (χ0n) is 12.1. The number of carbonyl (C=O) groups is 1. The number of fused-ring (bicyclic) bond motifs is 2. The molecule has 1 aromatic rings. The summed E-state index contributed by atoms with van der Waals surface area (Å²) in [5, 5.41) is 15.8. The molecule has 3 rings (SSSR count). The first-order chi connectivity index (χ1) is 10.1. The van der Waals surface area contributed by atoms with Crippen LogP contribution < -0.4 is 10.6 Å². The summed E-state index contributed by atoms with van der Waals surface area (Å²) in [6, 6.07) is 3.23. The van der Waals surface area contributed by atoms with E-state index in [-0.39, 0.29) is 24.2 Å². The van der Waals surface area contributed by atoms with Crippen LogP contribution in [0, 0.1) is 0 Å². The second kappa shape index (κ2) is 6.07. The monoisotopic (exact) mass is 294 g/mol. The van der Waals surface area contributed by atoms with Crippen LogP contribution in [0.1, 0.15) is 44.5 Å². The van der Waals surface area contributed by atoms with Crippen LogP contribution in [0.2, 0.25) is 0 Å². The van der Waals surface area contributed by atoms with Gasteiger partial charge in [0, 0.05) is 12.5 Å². The van der Waals surface area contributed by atoms with Crippen LogP contribution in [0.5, 0.6) is 0 Å². The molecule has 0 aliphatic carbocycles. The molecule has 5 unspecified atom stereocenters. The Hall–Kier alpha value is -1.53. The SMILES string of the molecule is CC(CC(O)c1ccco1)NC(=O)NC1CC2CCC1O2. The molecule has 116 valence electrons. The molecule has 2 saturated heterocycles. The number of carbonyl (C=O) groups excluding carboxylic acids is 1. The molecule has 2 bridgehead atoms. The average Bonchev–Trinajstić information content (AvgIpc) is 3.15.